The highest BCUT2D eigenvalue weighted by atomic mass is 16.5. The standard InChI is InChI=1S/C12H14N2O2/c1-7(13)10-5-8-3-4-9(16-2)6-11(8)14-12(10)15/h3-7H,13H2,1-2H3,(H,14,15). The zero-order valence-corrected chi connectivity index (χ0v) is 9.28. The molecule has 0 spiro atoms. The van der Waals surface area contributed by atoms with Gasteiger partial charge in [0.15, 0.2) is 0 Å². The van der Waals surface area contributed by atoms with Crippen LogP contribution in [-0.2, 0) is 0 Å². The summed E-state index contributed by atoms with van der Waals surface area (Å²) in [4.78, 5) is 14.5. The third-order valence-electron chi connectivity index (χ3n) is 2.57. The van der Waals surface area contributed by atoms with Gasteiger partial charge in [-0.2, -0.15) is 0 Å². The van der Waals surface area contributed by atoms with Gasteiger partial charge in [-0.05, 0) is 30.5 Å². The lowest BCUT2D eigenvalue weighted by molar-refractivity contribution is 0.415. The first-order valence-corrected chi connectivity index (χ1v) is 5.08. The van der Waals surface area contributed by atoms with Gasteiger partial charge in [0.05, 0.1) is 12.6 Å². The molecule has 2 aromatic rings. The molecule has 84 valence electrons. The van der Waals surface area contributed by atoms with Gasteiger partial charge < -0.3 is 15.5 Å². The van der Waals surface area contributed by atoms with Crippen molar-refractivity contribution in [1.29, 1.82) is 0 Å². The molecule has 16 heavy (non-hydrogen) atoms. The fourth-order valence-electron chi connectivity index (χ4n) is 1.66. The average Bonchev–Trinajstić information content (AvgIpc) is 2.27. The van der Waals surface area contributed by atoms with E-state index in [9.17, 15) is 4.79 Å². The van der Waals surface area contributed by atoms with Gasteiger partial charge in [0.25, 0.3) is 5.56 Å². The first-order chi connectivity index (χ1) is 7.61. The van der Waals surface area contributed by atoms with Crippen molar-refractivity contribution in [2.45, 2.75) is 13.0 Å². The molecule has 1 atom stereocenters. The number of ether oxygens (including phenoxy) is 1. The molecule has 4 heteroatoms. The lowest BCUT2D eigenvalue weighted by Crippen LogP contribution is -2.19. The van der Waals surface area contributed by atoms with Crippen LogP contribution in [0.4, 0.5) is 0 Å². The molecule has 1 aromatic heterocycles. The Kier molecular flexibility index (Phi) is 2.66. The molecular formula is C12H14N2O2. The lowest BCUT2D eigenvalue weighted by Gasteiger charge is -2.07. The largest absolute Gasteiger partial charge is 0.497 e. The summed E-state index contributed by atoms with van der Waals surface area (Å²) in [6.07, 6.45) is 0. The molecule has 1 unspecified atom stereocenters. The number of nitrogens with one attached hydrogen (secondary N) is 1. The smallest absolute Gasteiger partial charge is 0.253 e. The number of hydrogen-bond acceptors (Lipinski definition) is 3. The Morgan fingerprint density at radius 2 is 2.12 bits per heavy atom. The van der Waals surface area contributed by atoms with E-state index in [1.165, 1.54) is 0 Å². The van der Waals surface area contributed by atoms with Crippen molar-refractivity contribution in [2.75, 3.05) is 7.11 Å². The minimum absolute atomic E-state index is 0.143. The predicted octanol–water partition coefficient (Wildman–Crippen LogP) is 1.56. The molecule has 1 aromatic carbocycles. The number of fused-ring (bicyclic) bond motifs is 1. The van der Waals surface area contributed by atoms with E-state index < -0.39 is 0 Å². The van der Waals surface area contributed by atoms with E-state index in [2.05, 4.69) is 4.98 Å². The summed E-state index contributed by atoms with van der Waals surface area (Å²) in [5, 5.41) is 0.952. The van der Waals surface area contributed by atoms with E-state index in [-0.39, 0.29) is 11.6 Å². The second-order valence-corrected chi connectivity index (χ2v) is 3.80. The predicted molar refractivity (Wildman–Crippen MR) is 63.7 cm³/mol. The normalized spacial score (nSPS) is 12.7. The maximum atomic E-state index is 11.7. The van der Waals surface area contributed by atoms with Gasteiger partial charge in [-0.25, -0.2) is 0 Å². The summed E-state index contributed by atoms with van der Waals surface area (Å²) in [5.41, 5.74) is 6.93. The van der Waals surface area contributed by atoms with Crippen LogP contribution in [0.2, 0.25) is 0 Å². The van der Waals surface area contributed by atoms with Crippen molar-refractivity contribution in [3.05, 3.63) is 40.2 Å². The third-order valence-corrected chi connectivity index (χ3v) is 2.57. The van der Waals surface area contributed by atoms with Crippen molar-refractivity contribution in [2.24, 2.45) is 5.73 Å². The molecule has 2 rings (SSSR count). The molecule has 0 aliphatic heterocycles. The number of rotatable bonds is 2. The molecule has 0 bridgehead atoms. The van der Waals surface area contributed by atoms with Crippen LogP contribution < -0.4 is 16.0 Å². The molecular weight excluding hydrogens is 204 g/mol. The zero-order valence-electron chi connectivity index (χ0n) is 9.28. The number of pyridine rings is 1. The topological polar surface area (TPSA) is 68.1 Å². The molecule has 0 aliphatic carbocycles. The Morgan fingerprint density at radius 1 is 1.38 bits per heavy atom. The highest BCUT2D eigenvalue weighted by molar-refractivity contribution is 5.80. The van der Waals surface area contributed by atoms with Gasteiger partial charge in [0, 0.05) is 17.7 Å². The minimum atomic E-state index is -0.268. The second kappa shape index (κ2) is 3.98. The number of aromatic nitrogens is 1. The Hall–Kier alpha value is -1.81. The number of benzene rings is 1. The molecule has 0 amide bonds. The fourth-order valence-corrected chi connectivity index (χ4v) is 1.66. The lowest BCUT2D eigenvalue weighted by atomic mass is 10.1. The second-order valence-electron chi connectivity index (χ2n) is 3.80. The van der Waals surface area contributed by atoms with Crippen LogP contribution >= 0.6 is 0 Å². The van der Waals surface area contributed by atoms with Crippen LogP contribution in [0.1, 0.15) is 18.5 Å². The van der Waals surface area contributed by atoms with Gasteiger partial charge in [-0.3, -0.25) is 4.79 Å². The molecule has 0 radical (unpaired) electrons. The average molecular weight is 218 g/mol. The summed E-state index contributed by atoms with van der Waals surface area (Å²) in [5.74, 6) is 0.719. The molecule has 1 heterocycles. The van der Waals surface area contributed by atoms with Crippen LogP contribution in [-0.4, -0.2) is 12.1 Å². The number of aromatic amines is 1. The van der Waals surface area contributed by atoms with E-state index in [0.717, 1.165) is 16.7 Å². The molecule has 0 aliphatic rings. The quantitative estimate of drug-likeness (QED) is 0.803. The van der Waals surface area contributed by atoms with Crippen LogP contribution in [0.15, 0.2) is 29.1 Å². The number of hydrogen-bond donors (Lipinski definition) is 2. The SMILES string of the molecule is COc1ccc2cc(C(C)N)c(=O)[nH]c2c1. The van der Waals surface area contributed by atoms with Crippen molar-refractivity contribution in [3.63, 3.8) is 0 Å². The molecule has 0 fully saturated rings. The monoisotopic (exact) mass is 218 g/mol. The fraction of sp³-hybridized carbons (Fsp3) is 0.250. The summed E-state index contributed by atoms with van der Waals surface area (Å²) >= 11 is 0. The Balaban J connectivity index is 2.69. The first kappa shape index (κ1) is 10.7. The Labute approximate surface area is 93.0 Å². The van der Waals surface area contributed by atoms with Crippen molar-refractivity contribution in [3.8, 4) is 5.75 Å². The number of H-pyrrole nitrogens is 1. The molecule has 0 saturated heterocycles. The zero-order chi connectivity index (χ0) is 11.7. The minimum Gasteiger partial charge on any atom is -0.497 e. The van der Waals surface area contributed by atoms with Gasteiger partial charge in [-0.15, -0.1) is 0 Å². The first-order valence-electron chi connectivity index (χ1n) is 5.08. The maximum Gasteiger partial charge on any atom is 0.253 e. The maximum absolute atomic E-state index is 11.7. The van der Waals surface area contributed by atoms with Crippen LogP contribution in [0.3, 0.4) is 0 Å². The highest BCUT2D eigenvalue weighted by Gasteiger charge is 2.07. The van der Waals surface area contributed by atoms with Crippen molar-refractivity contribution >= 4 is 10.9 Å². The summed E-state index contributed by atoms with van der Waals surface area (Å²) in [6, 6.07) is 7.09. The van der Waals surface area contributed by atoms with E-state index in [1.807, 2.05) is 18.2 Å². The summed E-state index contributed by atoms with van der Waals surface area (Å²) in [6.45, 7) is 1.79. The van der Waals surface area contributed by atoms with Crippen molar-refractivity contribution in [1.82, 2.24) is 4.98 Å². The van der Waals surface area contributed by atoms with Crippen molar-refractivity contribution < 1.29 is 4.74 Å². The van der Waals surface area contributed by atoms with Crippen LogP contribution in [0, 0.1) is 0 Å². The summed E-state index contributed by atoms with van der Waals surface area (Å²) in [7, 11) is 1.59. The highest BCUT2D eigenvalue weighted by Crippen LogP contribution is 2.19. The van der Waals surface area contributed by atoms with E-state index >= 15 is 0 Å². The number of nitrogens with two attached hydrogens (primary N) is 1. The van der Waals surface area contributed by atoms with E-state index in [0.29, 0.717) is 5.56 Å². The van der Waals surface area contributed by atoms with Crippen LogP contribution in [0.25, 0.3) is 10.9 Å². The third kappa shape index (κ3) is 1.79. The summed E-state index contributed by atoms with van der Waals surface area (Å²) < 4.78 is 5.09. The molecule has 4 nitrogen and oxygen atoms in total. The van der Waals surface area contributed by atoms with E-state index in [4.69, 9.17) is 10.5 Å². The Morgan fingerprint density at radius 3 is 2.75 bits per heavy atom. The van der Waals surface area contributed by atoms with E-state index in [1.54, 1.807) is 20.1 Å². The van der Waals surface area contributed by atoms with Crippen LogP contribution in [0.5, 0.6) is 5.75 Å². The van der Waals surface area contributed by atoms with Gasteiger partial charge in [-0.1, -0.05) is 0 Å². The van der Waals surface area contributed by atoms with Gasteiger partial charge >= 0.3 is 0 Å². The molecule has 0 saturated carbocycles. The molecule has 3 N–H and O–H groups in total. The number of methoxy groups -OCH3 is 1. The Bertz CT molecular complexity index is 573. The van der Waals surface area contributed by atoms with Gasteiger partial charge in [0.1, 0.15) is 5.75 Å². The van der Waals surface area contributed by atoms with Gasteiger partial charge in [0.2, 0.25) is 0 Å².